The molecule has 0 N–H and O–H groups in total. The van der Waals surface area contributed by atoms with Gasteiger partial charge in [-0.3, -0.25) is 0 Å². The van der Waals surface area contributed by atoms with Crippen molar-refractivity contribution in [2.45, 2.75) is 64.5 Å². The molecule has 1 heterocycles. The molecule has 0 bridgehead atoms. The molecule has 3 heteroatoms. The zero-order valence-corrected chi connectivity index (χ0v) is 11.0. The summed E-state index contributed by atoms with van der Waals surface area (Å²) in [6.07, 6.45) is 9.44. The summed E-state index contributed by atoms with van der Waals surface area (Å²) in [6, 6.07) is 0. The Morgan fingerprint density at radius 2 is 1.81 bits per heavy atom. The average Bonchev–Trinajstić information content (AvgIpc) is 2.36. The molecule has 2 nitrogen and oxygen atoms in total. The van der Waals surface area contributed by atoms with Gasteiger partial charge >= 0.3 is 7.12 Å². The maximum atomic E-state index is 6.01. The summed E-state index contributed by atoms with van der Waals surface area (Å²) in [4.78, 5) is 0. The van der Waals surface area contributed by atoms with Crippen LogP contribution in [-0.2, 0) is 9.31 Å². The third kappa shape index (κ3) is 2.35. The normalized spacial score (nSPS) is 32.0. The van der Waals surface area contributed by atoms with E-state index < -0.39 is 0 Å². The van der Waals surface area contributed by atoms with E-state index in [1.54, 1.807) is 0 Å². The molecule has 16 heavy (non-hydrogen) atoms. The SMILES string of the molecule is CC1(C)OB(C[C@@H]2C=CCCC2)OC1(C)C. The molecular formula is C13H23BO2. The standard InChI is InChI=1S/C13H23BO2/c1-12(2)13(3,4)16-14(15-12)10-11-8-6-5-7-9-11/h6,8,11H,5,7,9-10H2,1-4H3/t11-/m1/s1. The van der Waals surface area contributed by atoms with Crippen molar-refractivity contribution < 1.29 is 9.31 Å². The van der Waals surface area contributed by atoms with Crippen molar-refractivity contribution in [1.29, 1.82) is 0 Å². The maximum Gasteiger partial charge on any atom is 0.458 e. The van der Waals surface area contributed by atoms with E-state index in [0.29, 0.717) is 5.92 Å². The fourth-order valence-electron chi connectivity index (χ4n) is 2.39. The van der Waals surface area contributed by atoms with E-state index in [9.17, 15) is 0 Å². The largest absolute Gasteiger partial charge is 0.458 e. The molecule has 0 radical (unpaired) electrons. The second-order valence-corrected chi connectivity index (χ2v) is 6.04. The molecule has 2 rings (SSSR count). The molecule has 2 aliphatic rings. The number of rotatable bonds is 2. The van der Waals surface area contributed by atoms with Crippen molar-refractivity contribution >= 4 is 7.12 Å². The van der Waals surface area contributed by atoms with Crippen LogP contribution >= 0.6 is 0 Å². The first-order chi connectivity index (χ1) is 7.41. The highest BCUT2D eigenvalue weighted by Gasteiger charge is 2.51. The van der Waals surface area contributed by atoms with E-state index >= 15 is 0 Å². The Morgan fingerprint density at radius 3 is 2.31 bits per heavy atom. The molecule has 1 aliphatic carbocycles. The van der Waals surface area contributed by atoms with Crippen LogP contribution in [-0.4, -0.2) is 18.3 Å². The number of hydrogen-bond donors (Lipinski definition) is 0. The van der Waals surface area contributed by atoms with Gasteiger partial charge in [-0.25, -0.2) is 0 Å². The molecule has 0 amide bonds. The van der Waals surface area contributed by atoms with E-state index in [2.05, 4.69) is 39.8 Å². The van der Waals surface area contributed by atoms with Gasteiger partial charge in [-0.15, -0.1) is 0 Å². The highest BCUT2D eigenvalue weighted by molar-refractivity contribution is 6.45. The van der Waals surface area contributed by atoms with Crippen LogP contribution < -0.4 is 0 Å². The van der Waals surface area contributed by atoms with Gasteiger partial charge in [-0.1, -0.05) is 12.2 Å². The lowest BCUT2D eigenvalue weighted by Gasteiger charge is -2.32. The van der Waals surface area contributed by atoms with Crippen LogP contribution in [0.5, 0.6) is 0 Å². The predicted molar refractivity (Wildman–Crippen MR) is 67.4 cm³/mol. The van der Waals surface area contributed by atoms with Crippen LogP contribution in [0.25, 0.3) is 0 Å². The van der Waals surface area contributed by atoms with Crippen LogP contribution in [0.1, 0.15) is 47.0 Å². The Balaban J connectivity index is 1.93. The van der Waals surface area contributed by atoms with E-state index in [1.165, 1.54) is 19.3 Å². The third-order valence-corrected chi connectivity index (χ3v) is 4.15. The van der Waals surface area contributed by atoms with Crippen molar-refractivity contribution in [3.05, 3.63) is 12.2 Å². The molecule has 0 aromatic carbocycles. The minimum Gasteiger partial charge on any atom is -0.403 e. The van der Waals surface area contributed by atoms with Crippen LogP contribution in [0.15, 0.2) is 12.2 Å². The first-order valence-electron chi connectivity index (χ1n) is 6.43. The third-order valence-electron chi connectivity index (χ3n) is 4.15. The molecule has 0 aromatic heterocycles. The van der Waals surface area contributed by atoms with Crippen molar-refractivity contribution in [1.82, 2.24) is 0 Å². The highest BCUT2D eigenvalue weighted by Crippen LogP contribution is 2.39. The molecule has 1 fully saturated rings. The Hall–Kier alpha value is -0.275. The van der Waals surface area contributed by atoms with E-state index in [-0.39, 0.29) is 18.3 Å². The molecule has 90 valence electrons. The Labute approximate surface area is 99.5 Å². The quantitative estimate of drug-likeness (QED) is 0.526. The summed E-state index contributed by atoms with van der Waals surface area (Å²) in [5.74, 6) is 0.642. The molecule has 0 saturated carbocycles. The summed E-state index contributed by atoms with van der Waals surface area (Å²) < 4.78 is 12.0. The van der Waals surface area contributed by atoms with Crippen molar-refractivity contribution in [3.63, 3.8) is 0 Å². The fraction of sp³-hybridized carbons (Fsp3) is 0.846. The summed E-state index contributed by atoms with van der Waals surface area (Å²) in [6.45, 7) is 8.46. The molecule has 0 spiro atoms. The Morgan fingerprint density at radius 1 is 1.19 bits per heavy atom. The smallest absolute Gasteiger partial charge is 0.403 e. The van der Waals surface area contributed by atoms with Gasteiger partial charge in [0.2, 0.25) is 0 Å². The van der Waals surface area contributed by atoms with Gasteiger partial charge in [0, 0.05) is 0 Å². The summed E-state index contributed by atoms with van der Waals surface area (Å²) >= 11 is 0. The maximum absolute atomic E-state index is 6.01. The molecule has 0 aromatic rings. The van der Waals surface area contributed by atoms with E-state index in [0.717, 1.165) is 6.32 Å². The van der Waals surface area contributed by atoms with Crippen molar-refractivity contribution in [2.75, 3.05) is 0 Å². The molecule has 1 aliphatic heterocycles. The second kappa shape index (κ2) is 4.19. The number of hydrogen-bond acceptors (Lipinski definition) is 2. The monoisotopic (exact) mass is 222 g/mol. The lowest BCUT2D eigenvalue weighted by Crippen LogP contribution is -2.41. The van der Waals surface area contributed by atoms with Gasteiger partial charge in [0.25, 0.3) is 0 Å². The van der Waals surface area contributed by atoms with Gasteiger partial charge in [-0.05, 0) is 59.2 Å². The Kier molecular flexibility index (Phi) is 3.19. The van der Waals surface area contributed by atoms with Crippen LogP contribution in [0, 0.1) is 5.92 Å². The van der Waals surface area contributed by atoms with Crippen molar-refractivity contribution in [2.24, 2.45) is 5.92 Å². The van der Waals surface area contributed by atoms with Crippen molar-refractivity contribution in [3.8, 4) is 0 Å². The summed E-state index contributed by atoms with van der Waals surface area (Å²) in [5.41, 5.74) is -0.369. The minimum atomic E-state index is -0.184. The second-order valence-electron chi connectivity index (χ2n) is 6.04. The lowest BCUT2D eigenvalue weighted by atomic mass is 9.74. The van der Waals surface area contributed by atoms with Gasteiger partial charge in [-0.2, -0.15) is 0 Å². The fourth-order valence-corrected chi connectivity index (χ4v) is 2.39. The molecule has 1 saturated heterocycles. The van der Waals surface area contributed by atoms with E-state index in [4.69, 9.17) is 9.31 Å². The number of allylic oxidation sites excluding steroid dienone is 2. The van der Waals surface area contributed by atoms with Gasteiger partial charge in [0.05, 0.1) is 11.2 Å². The van der Waals surface area contributed by atoms with Gasteiger partial charge < -0.3 is 9.31 Å². The molecule has 0 unspecified atom stereocenters. The molecule has 1 atom stereocenters. The van der Waals surface area contributed by atoms with Gasteiger partial charge in [0.1, 0.15) is 0 Å². The molecular weight excluding hydrogens is 199 g/mol. The topological polar surface area (TPSA) is 18.5 Å². The summed E-state index contributed by atoms with van der Waals surface area (Å²) in [5, 5.41) is 0. The minimum absolute atomic E-state index is 0.0299. The van der Waals surface area contributed by atoms with Crippen LogP contribution in [0.2, 0.25) is 6.32 Å². The first kappa shape index (κ1) is 12.2. The van der Waals surface area contributed by atoms with Crippen LogP contribution in [0.4, 0.5) is 0 Å². The lowest BCUT2D eigenvalue weighted by molar-refractivity contribution is 0.00578. The Bertz CT molecular complexity index is 268. The highest BCUT2D eigenvalue weighted by atomic mass is 16.7. The average molecular weight is 222 g/mol. The first-order valence-corrected chi connectivity index (χ1v) is 6.43. The zero-order chi connectivity index (χ0) is 11.8. The predicted octanol–water partition coefficient (Wildman–Crippen LogP) is 3.43. The van der Waals surface area contributed by atoms with E-state index in [1.807, 2.05) is 0 Å². The van der Waals surface area contributed by atoms with Gasteiger partial charge in [0.15, 0.2) is 0 Å². The summed E-state index contributed by atoms with van der Waals surface area (Å²) in [7, 11) is -0.0299. The zero-order valence-electron chi connectivity index (χ0n) is 11.0. The van der Waals surface area contributed by atoms with Crippen LogP contribution in [0.3, 0.4) is 0 Å².